The molecule has 3 fully saturated rings. The normalized spacial score (nSPS) is 44.0. The summed E-state index contributed by atoms with van der Waals surface area (Å²) in [7, 11) is 0. The molecule has 6 atom stereocenters. The van der Waals surface area contributed by atoms with Gasteiger partial charge in [0, 0.05) is 28.6 Å². The number of carboxylic acids is 1. The van der Waals surface area contributed by atoms with Crippen molar-refractivity contribution in [2.24, 2.45) is 23.7 Å². The number of rotatable bonds is 3. The summed E-state index contributed by atoms with van der Waals surface area (Å²) in [6.07, 6.45) is 0.592. The Morgan fingerprint density at radius 2 is 1.63 bits per heavy atom. The molecule has 0 unspecified atom stereocenters. The van der Waals surface area contributed by atoms with Crippen molar-refractivity contribution < 1.29 is 19.5 Å². The Balaban J connectivity index is 1.83. The molecule has 2 bridgehead atoms. The average molecular weight is 394 g/mol. The quantitative estimate of drug-likeness (QED) is 0.495. The minimum atomic E-state index is -1.24. The predicted molar refractivity (Wildman–Crippen MR) is 70.4 cm³/mol. The summed E-state index contributed by atoms with van der Waals surface area (Å²) in [6, 6.07) is 0. The van der Waals surface area contributed by atoms with Crippen LogP contribution in [0.2, 0.25) is 0 Å². The van der Waals surface area contributed by atoms with Gasteiger partial charge >= 0.3 is 0 Å². The highest BCUT2D eigenvalue weighted by molar-refractivity contribution is 9.12. The molecular formula is C12H12Br2NO4-. The molecule has 2 saturated carbocycles. The Labute approximate surface area is 127 Å². The molecule has 104 valence electrons. The third kappa shape index (κ3) is 1.81. The van der Waals surface area contributed by atoms with E-state index in [1.165, 1.54) is 0 Å². The SMILES string of the molecule is O=C([O-])CCN1C(=O)[C@@H]2[C@@H]3C[C@@H]([C@@H](Br)[C@@H]3Br)[C@@H]2C1=O. The molecule has 1 aliphatic heterocycles. The van der Waals surface area contributed by atoms with E-state index in [4.69, 9.17) is 0 Å². The van der Waals surface area contributed by atoms with Gasteiger partial charge in [-0.2, -0.15) is 0 Å². The van der Waals surface area contributed by atoms with Crippen molar-refractivity contribution >= 4 is 49.6 Å². The number of fused-ring (bicyclic) bond motifs is 5. The highest BCUT2D eigenvalue weighted by Crippen LogP contribution is 2.60. The lowest BCUT2D eigenvalue weighted by Crippen LogP contribution is -2.37. The maximum absolute atomic E-state index is 12.3. The first-order valence-corrected chi connectivity index (χ1v) is 8.10. The number of carbonyl (C=O) groups excluding carboxylic acids is 3. The van der Waals surface area contributed by atoms with Gasteiger partial charge in [-0.05, 0) is 18.3 Å². The minimum absolute atomic E-state index is 0.0632. The highest BCUT2D eigenvalue weighted by atomic mass is 79.9. The topological polar surface area (TPSA) is 77.5 Å². The van der Waals surface area contributed by atoms with Crippen LogP contribution in [-0.2, 0) is 14.4 Å². The van der Waals surface area contributed by atoms with Crippen molar-refractivity contribution in [1.82, 2.24) is 4.90 Å². The van der Waals surface area contributed by atoms with Gasteiger partial charge in [0.05, 0.1) is 11.8 Å². The van der Waals surface area contributed by atoms with Crippen LogP contribution in [0, 0.1) is 23.7 Å². The van der Waals surface area contributed by atoms with E-state index < -0.39 is 5.97 Å². The van der Waals surface area contributed by atoms with E-state index in [1.807, 2.05) is 0 Å². The summed E-state index contributed by atoms with van der Waals surface area (Å²) < 4.78 is 0. The summed E-state index contributed by atoms with van der Waals surface area (Å²) in [4.78, 5) is 36.6. The first-order chi connectivity index (χ1) is 8.93. The number of nitrogens with zero attached hydrogens (tertiary/aromatic N) is 1. The summed E-state index contributed by atoms with van der Waals surface area (Å²) in [5.41, 5.74) is 0. The van der Waals surface area contributed by atoms with E-state index in [0.717, 1.165) is 11.3 Å². The zero-order valence-corrected chi connectivity index (χ0v) is 13.1. The number of carbonyl (C=O) groups is 3. The van der Waals surface area contributed by atoms with Gasteiger partial charge in [0.15, 0.2) is 0 Å². The molecule has 0 aromatic heterocycles. The fourth-order valence-electron chi connectivity index (χ4n) is 3.83. The minimum Gasteiger partial charge on any atom is -0.550 e. The van der Waals surface area contributed by atoms with Gasteiger partial charge in [-0.15, -0.1) is 0 Å². The molecule has 1 saturated heterocycles. The second-order valence-electron chi connectivity index (χ2n) is 5.45. The van der Waals surface area contributed by atoms with Crippen LogP contribution in [0.25, 0.3) is 0 Å². The third-order valence-electron chi connectivity index (χ3n) is 4.62. The summed E-state index contributed by atoms with van der Waals surface area (Å²) in [6.45, 7) is -0.0632. The molecule has 0 radical (unpaired) electrons. The maximum Gasteiger partial charge on any atom is 0.233 e. The van der Waals surface area contributed by atoms with Crippen LogP contribution < -0.4 is 5.11 Å². The van der Waals surface area contributed by atoms with Gasteiger partial charge in [0.2, 0.25) is 11.8 Å². The van der Waals surface area contributed by atoms with Crippen molar-refractivity contribution in [2.75, 3.05) is 6.54 Å². The number of aliphatic carboxylic acids is 1. The number of imide groups is 1. The van der Waals surface area contributed by atoms with Gasteiger partial charge in [-0.3, -0.25) is 14.5 Å². The smallest absolute Gasteiger partial charge is 0.233 e. The number of alkyl halides is 2. The third-order valence-corrected chi connectivity index (χ3v) is 7.82. The molecule has 2 amide bonds. The van der Waals surface area contributed by atoms with Crippen molar-refractivity contribution in [3.63, 3.8) is 0 Å². The second kappa shape index (κ2) is 4.55. The number of hydrogen-bond acceptors (Lipinski definition) is 4. The zero-order chi connectivity index (χ0) is 13.9. The van der Waals surface area contributed by atoms with Crippen molar-refractivity contribution in [1.29, 1.82) is 0 Å². The molecule has 0 aromatic rings. The van der Waals surface area contributed by atoms with E-state index >= 15 is 0 Å². The highest BCUT2D eigenvalue weighted by Gasteiger charge is 2.66. The summed E-state index contributed by atoms with van der Waals surface area (Å²) >= 11 is 7.19. The Kier molecular flexibility index (Phi) is 3.24. The van der Waals surface area contributed by atoms with Gasteiger partial charge < -0.3 is 9.90 Å². The molecule has 3 aliphatic rings. The van der Waals surface area contributed by atoms with E-state index in [0.29, 0.717) is 0 Å². The van der Waals surface area contributed by atoms with Crippen molar-refractivity contribution in [3.05, 3.63) is 0 Å². The number of hydrogen-bond donors (Lipinski definition) is 0. The standard InChI is InChI=1S/C12H13Br2NO4/c13-9-4-3-5(10(9)14)8-7(4)11(18)15(12(8)19)2-1-6(16)17/h4-5,7-10H,1-3H2,(H,16,17)/p-1/t4-,5+,7+,8-,9-,10-/m1/s1. The summed E-state index contributed by atoms with van der Waals surface area (Å²) in [5.74, 6) is -1.83. The molecule has 5 nitrogen and oxygen atoms in total. The Morgan fingerprint density at radius 3 is 2.05 bits per heavy atom. The molecule has 0 spiro atoms. The van der Waals surface area contributed by atoms with E-state index in [2.05, 4.69) is 31.9 Å². The molecular weight excluding hydrogens is 382 g/mol. The molecule has 0 aromatic carbocycles. The molecule has 19 heavy (non-hydrogen) atoms. The van der Waals surface area contributed by atoms with Crippen LogP contribution in [0.3, 0.4) is 0 Å². The largest absolute Gasteiger partial charge is 0.550 e. The Bertz CT molecular complexity index is 437. The predicted octanol–water partition coefficient (Wildman–Crippen LogP) is -0.0957. The van der Waals surface area contributed by atoms with Crippen LogP contribution >= 0.6 is 31.9 Å². The monoisotopic (exact) mass is 392 g/mol. The van der Waals surface area contributed by atoms with Crippen molar-refractivity contribution in [2.45, 2.75) is 22.5 Å². The van der Waals surface area contributed by atoms with E-state index in [9.17, 15) is 19.5 Å². The van der Waals surface area contributed by atoms with Gasteiger partial charge in [-0.1, -0.05) is 31.9 Å². The lowest BCUT2D eigenvalue weighted by molar-refractivity contribution is -0.305. The van der Waals surface area contributed by atoms with Crippen molar-refractivity contribution in [3.8, 4) is 0 Å². The van der Waals surface area contributed by atoms with Crippen LogP contribution in [0.1, 0.15) is 12.8 Å². The lowest BCUT2D eigenvalue weighted by Gasteiger charge is -2.28. The Morgan fingerprint density at radius 1 is 1.16 bits per heavy atom. The number of amides is 2. The second-order valence-corrected chi connectivity index (χ2v) is 7.57. The molecule has 3 rings (SSSR count). The lowest BCUT2D eigenvalue weighted by atomic mass is 9.81. The molecule has 0 N–H and O–H groups in total. The average Bonchev–Trinajstić information content (AvgIpc) is 2.93. The van der Waals surface area contributed by atoms with Gasteiger partial charge in [-0.25, -0.2) is 0 Å². The van der Waals surface area contributed by atoms with Gasteiger partial charge in [0.25, 0.3) is 0 Å². The fourth-order valence-corrected chi connectivity index (χ4v) is 5.71. The molecule has 2 aliphatic carbocycles. The Hall–Kier alpha value is -0.430. The van der Waals surface area contributed by atoms with E-state index in [-0.39, 0.29) is 58.1 Å². The number of likely N-dealkylation sites (tertiary alicyclic amines) is 1. The first-order valence-electron chi connectivity index (χ1n) is 6.26. The first kappa shape index (κ1) is 13.5. The van der Waals surface area contributed by atoms with Crippen LogP contribution in [0.15, 0.2) is 0 Å². The maximum atomic E-state index is 12.3. The van der Waals surface area contributed by atoms with Gasteiger partial charge in [0.1, 0.15) is 0 Å². The zero-order valence-electron chi connectivity index (χ0n) is 9.92. The number of halogens is 2. The fraction of sp³-hybridized carbons (Fsp3) is 0.750. The summed E-state index contributed by atoms with van der Waals surface area (Å²) in [5, 5.41) is 10.5. The molecule has 7 heteroatoms. The van der Waals surface area contributed by atoms with Crippen LogP contribution in [0.5, 0.6) is 0 Å². The molecule has 1 heterocycles. The van der Waals surface area contributed by atoms with E-state index in [1.54, 1.807) is 0 Å². The van der Waals surface area contributed by atoms with Crippen LogP contribution in [0.4, 0.5) is 0 Å². The van der Waals surface area contributed by atoms with Crippen LogP contribution in [-0.4, -0.2) is 38.9 Å². The number of carboxylic acid groups (broad SMARTS) is 1.